The van der Waals surface area contributed by atoms with Crippen LogP contribution in [0.25, 0.3) is 0 Å². The summed E-state index contributed by atoms with van der Waals surface area (Å²) in [6.45, 7) is 2.60. The molecule has 2 amide bonds. The highest BCUT2D eigenvalue weighted by molar-refractivity contribution is 6.30. The Bertz CT molecular complexity index is 1130. The molecule has 0 spiro atoms. The summed E-state index contributed by atoms with van der Waals surface area (Å²) in [5.41, 5.74) is 1.26. The van der Waals surface area contributed by atoms with Crippen LogP contribution in [0, 0.1) is 5.82 Å². The standard InChI is InChI=1S/C23H22ClFN6O2/c24-15-3-7-21(29-12-15)31-23(33)17-10-16(25)4-6-18(17)30-22(32)14-2-5-19(28-11-14)20-13-26-8-1-9-27-20/h2-7,10-12,20,26-27H,1,8-9,13H2,(H,30,32)(H,29,31,33). The first-order valence-electron chi connectivity index (χ1n) is 10.4. The van der Waals surface area contributed by atoms with Gasteiger partial charge in [0, 0.05) is 18.9 Å². The van der Waals surface area contributed by atoms with Gasteiger partial charge >= 0.3 is 0 Å². The van der Waals surface area contributed by atoms with Gasteiger partial charge in [0.15, 0.2) is 0 Å². The highest BCUT2D eigenvalue weighted by Crippen LogP contribution is 2.21. The van der Waals surface area contributed by atoms with Gasteiger partial charge in [0.2, 0.25) is 0 Å². The molecule has 0 radical (unpaired) electrons. The maximum atomic E-state index is 13.9. The Labute approximate surface area is 195 Å². The molecule has 1 atom stereocenters. The second-order valence-corrected chi connectivity index (χ2v) is 7.93. The second kappa shape index (κ2) is 10.5. The van der Waals surface area contributed by atoms with Crippen molar-refractivity contribution in [3.8, 4) is 0 Å². The third-order valence-electron chi connectivity index (χ3n) is 5.12. The Morgan fingerprint density at radius 3 is 2.64 bits per heavy atom. The average Bonchev–Trinajstić information content (AvgIpc) is 3.11. The van der Waals surface area contributed by atoms with E-state index in [1.54, 1.807) is 18.2 Å². The molecule has 170 valence electrons. The van der Waals surface area contributed by atoms with E-state index in [9.17, 15) is 14.0 Å². The number of hydrogen-bond donors (Lipinski definition) is 4. The molecule has 1 saturated heterocycles. The van der Waals surface area contributed by atoms with Crippen molar-refractivity contribution in [3.63, 3.8) is 0 Å². The van der Waals surface area contributed by atoms with Crippen molar-refractivity contribution in [2.45, 2.75) is 12.5 Å². The van der Waals surface area contributed by atoms with Gasteiger partial charge in [-0.2, -0.15) is 0 Å². The number of carbonyl (C=O) groups is 2. The van der Waals surface area contributed by atoms with E-state index in [0.717, 1.165) is 37.8 Å². The molecule has 1 aliphatic rings. The van der Waals surface area contributed by atoms with Crippen molar-refractivity contribution < 1.29 is 14.0 Å². The molecule has 1 fully saturated rings. The predicted octanol–water partition coefficient (Wildman–Crippen LogP) is 3.40. The molecule has 1 aliphatic heterocycles. The van der Waals surface area contributed by atoms with E-state index < -0.39 is 17.6 Å². The van der Waals surface area contributed by atoms with Crippen LogP contribution in [0.15, 0.2) is 54.9 Å². The third kappa shape index (κ3) is 5.89. The summed E-state index contributed by atoms with van der Waals surface area (Å²) in [7, 11) is 0. The van der Waals surface area contributed by atoms with Crippen LogP contribution < -0.4 is 21.3 Å². The second-order valence-electron chi connectivity index (χ2n) is 7.50. The van der Waals surface area contributed by atoms with Gasteiger partial charge in [0.05, 0.1) is 33.6 Å². The zero-order valence-electron chi connectivity index (χ0n) is 17.6. The Balaban J connectivity index is 1.48. The summed E-state index contributed by atoms with van der Waals surface area (Å²) in [4.78, 5) is 33.9. The van der Waals surface area contributed by atoms with Crippen LogP contribution in [0.3, 0.4) is 0 Å². The molecule has 3 aromatic rings. The first kappa shape index (κ1) is 22.8. The largest absolute Gasteiger partial charge is 0.321 e. The minimum atomic E-state index is -0.625. The number of anilines is 2. The molecule has 1 unspecified atom stereocenters. The van der Waals surface area contributed by atoms with E-state index in [2.05, 4.69) is 31.2 Å². The summed E-state index contributed by atoms with van der Waals surface area (Å²) < 4.78 is 13.9. The van der Waals surface area contributed by atoms with Crippen molar-refractivity contribution in [1.29, 1.82) is 0 Å². The Hall–Kier alpha value is -3.40. The smallest absolute Gasteiger partial charge is 0.259 e. The van der Waals surface area contributed by atoms with Gasteiger partial charge < -0.3 is 21.3 Å². The van der Waals surface area contributed by atoms with Crippen LogP contribution in [-0.4, -0.2) is 41.4 Å². The van der Waals surface area contributed by atoms with Crippen molar-refractivity contribution in [3.05, 3.63) is 82.5 Å². The van der Waals surface area contributed by atoms with Crippen LogP contribution in [0.5, 0.6) is 0 Å². The van der Waals surface area contributed by atoms with Gasteiger partial charge in [-0.05, 0) is 62.0 Å². The minimum Gasteiger partial charge on any atom is -0.321 e. The number of hydrogen-bond acceptors (Lipinski definition) is 6. The van der Waals surface area contributed by atoms with Gasteiger partial charge in [-0.25, -0.2) is 9.37 Å². The van der Waals surface area contributed by atoms with Crippen molar-refractivity contribution in [2.24, 2.45) is 0 Å². The molecule has 4 rings (SSSR count). The number of aromatic nitrogens is 2. The van der Waals surface area contributed by atoms with Crippen molar-refractivity contribution in [2.75, 3.05) is 30.3 Å². The Morgan fingerprint density at radius 1 is 1.00 bits per heavy atom. The maximum Gasteiger partial charge on any atom is 0.259 e. The fourth-order valence-electron chi connectivity index (χ4n) is 3.40. The fourth-order valence-corrected chi connectivity index (χ4v) is 3.52. The Morgan fingerprint density at radius 2 is 1.88 bits per heavy atom. The van der Waals surface area contributed by atoms with Crippen LogP contribution in [0.1, 0.15) is 38.9 Å². The Kier molecular flexibility index (Phi) is 7.23. The van der Waals surface area contributed by atoms with Crippen LogP contribution >= 0.6 is 11.6 Å². The van der Waals surface area contributed by atoms with Crippen LogP contribution in [-0.2, 0) is 0 Å². The van der Waals surface area contributed by atoms with Crippen LogP contribution in [0.4, 0.5) is 15.9 Å². The highest BCUT2D eigenvalue weighted by Gasteiger charge is 2.18. The maximum absolute atomic E-state index is 13.9. The molecule has 0 aliphatic carbocycles. The molecule has 0 saturated carbocycles. The molecule has 1 aromatic carbocycles. The van der Waals surface area contributed by atoms with Crippen LogP contribution in [0.2, 0.25) is 5.02 Å². The topological polar surface area (TPSA) is 108 Å². The van der Waals surface area contributed by atoms with Gasteiger partial charge in [-0.3, -0.25) is 14.6 Å². The van der Waals surface area contributed by atoms with E-state index in [0.29, 0.717) is 10.6 Å². The first-order valence-corrected chi connectivity index (χ1v) is 10.8. The van der Waals surface area contributed by atoms with E-state index in [4.69, 9.17) is 11.6 Å². The molecule has 33 heavy (non-hydrogen) atoms. The van der Waals surface area contributed by atoms with Gasteiger partial charge in [0.1, 0.15) is 11.6 Å². The third-order valence-corrected chi connectivity index (χ3v) is 5.34. The normalized spacial score (nSPS) is 16.0. The van der Waals surface area contributed by atoms with E-state index in [1.807, 2.05) is 0 Å². The molecule has 2 aromatic heterocycles. The number of carbonyl (C=O) groups excluding carboxylic acids is 2. The summed E-state index contributed by atoms with van der Waals surface area (Å²) in [6.07, 6.45) is 3.90. The molecule has 3 heterocycles. The van der Waals surface area contributed by atoms with E-state index in [1.165, 1.54) is 30.6 Å². The van der Waals surface area contributed by atoms with Crippen molar-refractivity contribution >= 4 is 34.9 Å². The molecule has 10 heteroatoms. The zero-order chi connectivity index (χ0) is 23.2. The fraction of sp³-hybridized carbons (Fsp3) is 0.217. The summed E-state index contributed by atoms with van der Waals surface area (Å²) in [6, 6.07) is 10.2. The molecule has 8 nitrogen and oxygen atoms in total. The first-order chi connectivity index (χ1) is 16.0. The van der Waals surface area contributed by atoms with Gasteiger partial charge in [-0.1, -0.05) is 11.6 Å². The van der Waals surface area contributed by atoms with E-state index >= 15 is 0 Å². The van der Waals surface area contributed by atoms with Gasteiger partial charge in [-0.15, -0.1) is 0 Å². The lowest BCUT2D eigenvalue weighted by Crippen LogP contribution is -2.28. The molecule has 0 bridgehead atoms. The number of rotatable bonds is 5. The summed E-state index contributed by atoms with van der Waals surface area (Å²) in [5, 5.41) is 12.4. The SMILES string of the molecule is O=C(Nc1ccc(F)cc1C(=O)Nc1ccc(Cl)cn1)c1ccc(C2CNCCCN2)nc1. The molecular weight excluding hydrogens is 447 g/mol. The quantitative estimate of drug-likeness (QED) is 0.457. The summed E-state index contributed by atoms with van der Waals surface area (Å²) in [5.74, 6) is -1.46. The monoisotopic (exact) mass is 468 g/mol. The number of benzene rings is 1. The number of pyridine rings is 2. The summed E-state index contributed by atoms with van der Waals surface area (Å²) >= 11 is 5.80. The lowest BCUT2D eigenvalue weighted by Gasteiger charge is -2.15. The number of nitrogens with one attached hydrogen (secondary N) is 4. The number of halogens is 2. The molecular formula is C23H22ClFN6O2. The van der Waals surface area contributed by atoms with E-state index in [-0.39, 0.29) is 23.1 Å². The predicted molar refractivity (Wildman–Crippen MR) is 124 cm³/mol. The lowest BCUT2D eigenvalue weighted by atomic mass is 10.1. The number of amides is 2. The highest BCUT2D eigenvalue weighted by atomic mass is 35.5. The van der Waals surface area contributed by atoms with Crippen molar-refractivity contribution in [1.82, 2.24) is 20.6 Å². The zero-order valence-corrected chi connectivity index (χ0v) is 18.3. The number of nitrogens with zero attached hydrogens (tertiary/aromatic N) is 2. The average molecular weight is 469 g/mol. The lowest BCUT2D eigenvalue weighted by molar-refractivity contribution is 0.102. The van der Waals surface area contributed by atoms with Gasteiger partial charge in [0.25, 0.3) is 11.8 Å². The minimum absolute atomic E-state index is 0.0431. The molecule has 4 N–H and O–H groups in total.